The van der Waals surface area contributed by atoms with E-state index >= 15 is 0 Å². The third-order valence-electron chi connectivity index (χ3n) is 6.69. The summed E-state index contributed by atoms with van der Waals surface area (Å²) in [6.07, 6.45) is 5.98. The van der Waals surface area contributed by atoms with E-state index in [1.165, 1.54) is 17.7 Å². The molecule has 28 heavy (non-hydrogen) atoms. The highest BCUT2D eigenvalue weighted by atomic mass is 16.3. The van der Waals surface area contributed by atoms with E-state index in [9.17, 15) is 9.90 Å². The molecule has 1 N–H and O–H groups in total. The molecule has 1 unspecified atom stereocenters. The lowest BCUT2D eigenvalue weighted by Crippen LogP contribution is -2.47. The van der Waals surface area contributed by atoms with Crippen molar-refractivity contribution in [2.45, 2.75) is 57.0 Å². The van der Waals surface area contributed by atoms with Crippen molar-refractivity contribution < 1.29 is 9.90 Å². The number of carbonyl (C=O) groups is 1. The Morgan fingerprint density at radius 3 is 2.82 bits per heavy atom. The van der Waals surface area contributed by atoms with Crippen LogP contribution in [0.5, 0.6) is 0 Å². The van der Waals surface area contributed by atoms with Crippen LogP contribution in [0.3, 0.4) is 0 Å². The standard InChI is InChI=1S/C20H28N6O2/c1-14(27)25-10-7-20(28,13-25)12-24-8-5-15(6-9-24)19-22-21-18-11-16-3-2-4-17(16)23-26(18)19/h11,15,28H,2-10,12-13H2,1H3. The molecule has 1 amide bonds. The van der Waals surface area contributed by atoms with Crippen molar-refractivity contribution in [1.29, 1.82) is 0 Å². The summed E-state index contributed by atoms with van der Waals surface area (Å²) in [4.78, 5) is 15.6. The number of nitrogens with zero attached hydrogens (tertiary/aromatic N) is 6. The second kappa shape index (κ2) is 6.77. The van der Waals surface area contributed by atoms with Crippen molar-refractivity contribution in [1.82, 2.24) is 29.6 Å². The Bertz CT molecular complexity index is 903. The third kappa shape index (κ3) is 3.18. The second-order valence-electron chi connectivity index (χ2n) is 8.76. The molecule has 0 spiro atoms. The Balaban J connectivity index is 1.24. The van der Waals surface area contributed by atoms with Gasteiger partial charge in [0.2, 0.25) is 5.91 Å². The molecule has 2 aromatic heterocycles. The Morgan fingerprint density at radius 1 is 1.25 bits per heavy atom. The van der Waals surface area contributed by atoms with Gasteiger partial charge in [-0.15, -0.1) is 10.2 Å². The van der Waals surface area contributed by atoms with Crippen LogP contribution in [0, 0.1) is 0 Å². The number of aromatic nitrogens is 4. The number of hydrogen-bond donors (Lipinski definition) is 1. The summed E-state index contributed by atoms with van der Waals surface area (Å²) in [7, 11) is 0. The normalized spacial score (nSPS) is 26.3. The monoisotopic (exact) mass is 384 g/mol. The predicted molar refractivity (Wildman–Crippen MR) is 103 cm³/mol. The van der Waals surface area contributed by atoms with Crippen molar-refractivity contribution in [3.63, 3.8) is 0 Å². The molecule has 2 saturated heterocycles. The van der Waals surface area contributed by atoms with E-state index < -0.39 is 5.60 Å². The summed E-state index contributed by atoms with van der Waals surface area (Å²) in [6.45, 7) is 5.16. The van der Waals surface area contributed by atoms with Gasteiger partial charge in [0, 0.05) is 25.9 Å². The van der Waals surface area contributed by atoms with Crippen molar-refractivity contribution in [2.75, 3.05) is 32.7 Å². The van der Waals surface area contributed by atoms with Crippen LogP contribution < -0.4 is 0 Å². The van der Waals surface area contributed by atoms with Gasteiger partial charge in [-0.25, -0.2) is 0 Å². The predicted octanol–water partition coefficient (Wildman–Crippen LogP) is 0.776. The van der Waals surface area contributed by atoms with Crippen molar-refractivity contribution in [3.05, 3.63) is 23.1 Å². The van der Waals surface area contributed by atoms with Gasteiger partial charge in [-0.2, -0.15) is 9.61 Å². The molecule has 5 rings (SSSR count). The zero-order valence-electron chi connectivity index (χ0n) is 16.5. The maximum Gasteiger partial charge on any atom is 0.219 e. The average Bonchev–Trinajstić information content (AvgIpc) is 3.38. The van der Waals surface area contributed by atoms with Crippen molar-refractivity contribution in [3.8, 4) is 0 Å². The van der Waals surface area contributed by atoms with Gasteiger partial charge in [0.15, 0.2) is 11.5 Å². The van der Waals surface area contributed by atoms with Gasteiger partial charge in [-0.05, 0) is 63.2 Å². The number of likely N-dealkylation sites (tertiary alicyclic amines) is 2. The fourth-order valence-electron chi connectivity index (χ4n) is 5.07. The maximum atomic E-state index is 11.6. The van der Waals surface area contributed by atoms with E-state index in [1.54, 1.807) is 11.8 Å². The average molecular weight is 384 g/mol. The summed E-state index contributed by atoms with van der Waals surface area (Å²) in [5.74, 6) is 1.38. The van der Waals surface area contributed by atoms with E-state index in [4.69, 9.17) is 5.10 Å². The molecule has 1 atom stereocenters. The van der Waals surface area contributed by atoms with Crippen LogP contribution in [-0.4, -0.2) is 78.9 Å². The molecule has 8 heteroatoms. The number of aryl methyl sites for hydroxylation is 2. The summed E-state index contributed by atoms with van der Waals surface area (Å²) >= 11 is 0. The third-order valence-corrected chi connectivity index (χ3v) is 6.69. The minimum Gasteiger partial charge on any atom is -0.387 e. The van der Waals surface area contributed by atoms with Gasteiger partial charge < -0.3 is 14.9 Å². The number of rotatable bonds is 3. The molecule has 2 fully saturated rings. The second-order valence-corrected chi connectivity index (χ2v) is 8.76. The first kappa shape index (κ1) is 18.0. The van der Waals surface area contributed by atoms with Crippen LogP contribution in [-0.2, 0) is 17.6 Å². The first-order valence-corrected chi connectivity index (χ1v) is 10.5. The Kier molecular flexibility index (Phi) is 4.35. The number of piperidine rings is 1. The lowest BCUT2D eigenvalue weighted by Gasteiger charge is -2.36. The van der Waals surface area contributed by atoms with E-state index in [2.05, 4.69) is 21.2 Å². The van der Waals surface area contributed by atoms with E-state index in [0.29, 0.717) is 32.0 Å². The largest absolute Gasteiger partial charge is 0.387 e. The topological polar surface area (TPSA) is 86.9 Å². The number of amides is 1. The minimum atomic E-state index is -0.776. The summed E-state index contributed by atoms with van der Waals surface area (Å²) in [5, 5.41) is 24.5. The molecular formula is C20H28N6O2. The molecule has 8 nitrogen and oxygen atoms in total. The Labute approximate surface area is 164 Å². The van der Waals surface area contributed by atoms with Gasteiger partial charge >= 0.3 is 0 Å². The molecule has 4 heterocycles. The van der Waals surface area contributed by atoms with Crippen LogP contribution in [0.1, 0.15) is 55.6 Å². The van der Waals surface area contributed by atoms with Gasteiger partial charge in [0.05, 0.1) is 17.8 Å². The van der Waals surface area contributed by atoms with Gasteiger partial charge in [0.1, 0.15) is 0 Å². The van der Waals surface area contributed by atoms with Crippen LogP contribution >= 0.6 is 0 Å². The molecule has 3 aliphatic rings. The summed E-state index contributed by atoms with van der Waals surface area (Å²) in [5.41, 5.74) is 2.61. The van der Waals surface area contributed by atoms with E-state index in [-0.39, 0.29) is 5.91 Å². The zero-order valence-corrected chi connectivity index (χ0v) is 16.5. The Morgan fingerprint density at radius 2 is 2.07 bits per heavy atom. The van der Waals surface area contributed by atoms with Crippen LogP contribution in [0.4, 0.5) is 0 Å². The number of fused-ring (bicyclic) bond motifs is 2. The van der Waals surface area contributed by atoms with Crippen LogP contribution in [0.15, 0.2) is 6.07 Å². The van der Waals surface area contributed by atoms with Crippen molar-refractivity contribution in [2.24, 2.45) is 0 Å². The number of carbonyl (C=O) groups excluding carboxylic acids is 1. The number of hydrogen-bond acceptors (Lipinski definition) is 6. The highest BCUT2D eigenvalue weighted by Gasteiger charge is 2.39. The molecule has 0 radical (unpaired) electrons. The van der Waals surface area contributed by atoms with Crippen molar-refractivity contribution >= 4 is 11.6 Å². The Hall–Kier alpha value is -2.06. The molecule has 1 aliphatic carbocycles. The molecule has 0 saturated carbocycles. The molecule has 2 aromatic rings. The van der Waals surface area contributed by atoms with Crippen LogP contribution in [0.2, 0.25) is 0 Å². The smallest absolute Gasteiger partial charge is 0.219 e. The summed E-state index contributed by atoms with van der Waals surface area (Å²) in [6, 6.07) is 2.15. The maximum absolute atomic E-state index is 11.6. The first-order valence-electron chi connectivity index (χ1n) is 10.5. The molecule has 150 valence electrons. The fraction of sp³-hybridized carbons (Fsp3) is 0.700. The SMILES string of the molecule is CC(=O)N1CCC(O)(CN2CCC(c3nnc4cc5c(nn34)CCC5)CC2)C1. The van der Waals surface area contributed by atoms with Gasteiger partial charge in [-0.3, -0.25) is 4.79 Å². The zero-order chi connectivity index (χ0) is 19.3. The number of β-amino-alcohol motifs (C(OH)–C–C–N with tert-alkyl or cyclic N) is 1. The van der Waals surface area contributed by atoms with E-state index in [1.807, 2.05) is 4.52 Å². The highest BCUT2D eigenvalue weighted by Crippen LogP contribution is 2.30. The fourth-order valence-corrected chi connectivity index (χ4v) is 5.07. The molecule has 2 aliphatic heterocycles. The lowest BCUT2D eigenvalue weighted by molar-refractivity contribution is -0.129. The van der Waals surface area contributed by atoms with Gasteiger partial charge in [-0.1, -0.05) is 0 Å². The molecule has 0 aromatic carbocycles. The van der Waals surface area contributed by atoms with E-state index in [0.717, 1.165) is 50.2 Å². The first-order chi connectivity index (χ1) is 13.5. The summed E-state index contributed by atoms with van der Waals surface area (Å²) < 4.78 is 1.96. The van der Waals surface area contributed by atoms with Gasteiger partial charge in [0.25, 0.3) is 0 Å². The molecule has 0 bridgehead atoms. The highest BCUT2D eigenvalue weighted by molar-refractivity contribution is 5.73. The quantitative estimate of drug-likeness (QED) is 0.841. The lowest BCUT2D eigenvalue weighted by atomic mass is 9.94. The van der Waals surface area contributed by atoms with Crippen LogP contribution in [0.25, 0.3) is 5.65 Å². The number of aliphatic hydroxyl groups is 1. The molecular weight excluding hydrogens is 356 g/mol. The minimum absolute atomic E-state index is 0.0484.